The number of H-pyrrole nitrogens is 1. The Balaban J connectivity index is 1.49. The lowest BCUT2D eigenvalue weighted by atomic mass is 10.1. The van der Waals surface area contributed by atoms with Crippen LogP contribution in [0.1, 0.15) is 10.4 Å². The number of carbonyl (C=O) groups is 1. The molecule has 2 atom stereocenters. The maximum Gasteiger partial charge on any atom is 0.255 e. The van der Waals surface area contributed by atoms with Crippen molar-refractivity contribution in [1.29, 1.82) is 0 Å². The van der Waals surface area contributed by atoms with Gasteiger partial charge in [0.2, 0.25) is 5.95 Å². The predicted octanol–water partition coefficient (Wildman–Crippen LogP) is 1.52. The van der Waals surface area contributed by atoms with E-state index in [4.69, 9.17) is 4.74 Å². The van der Waals surface area contributed by atoms with Crippen molar-refractivity contribution in [3.8, 4) is 0 Å². The quantitative estimate of drug-likeness (QED) is 0.484. The summed E-state index contributed by atoms with van der Waals surface area (Å²) >= 11 is 0. The number of aromatic nitrogens is 6. The molecule has 162 valence electrons. The van der Waals surface area contributed by atoms with E-state index >= 15 is 0 Å². The minimum atomic E-state index is -0.470. The van der Waals surface area contributed by atoms with Gasteiger partial charge in [-0.15, -0.1) is 0 Å². The van der Waals surface area contributed by atoms with Crippen LogP contribution in [-0.4, -0.2) is 73.5 Å². The molecule has 0 spiro atoms. The number of pyridine rings is 1. The number of nitrogens with one attached hydrogen (secondary N) is 2. The van der Waals surface area contributed by atoms with Gasteiger partial charge in [0.25, 0.3) is 5.91 Å². The molecule has 2 N–H and O–H groups in total. The molecule has 0 bridgehead atoms. The molecule has 11 nitrogen and oxygen atoms in total. The van der Waals surface area contributed by atoms with E-state index in [9.17, 15) is 4.79 Å². The Kier molecular flexibility index (Phi) is 5.30. The highest BCUT2D eigenvalue weighted by atomic mass is 16.5. The van der Waals surface area contributed by atoms with Crippen LogP contribution < -0.4 is 10.2 Å². The average molecular weight is 431 g/mol. The molecular weight excluding hydrogens is 410 g/mol. The Morgan fingerprint density at radius 2 is 2.03 bits per heavy atom. The van der Waals surface area contributed by atoms with Crippen molar-refractivity contribution in [2.24, 2.45) is 0 Å². The molecule has 1 aromatic carbocycles. The third kappa shape index (κ3) is 3.81. The van der Waals surface area contributed by atoms with Crippen LogP contribution in [0, 0.1) is 0 Å². The molecule has 5 rings (SSSR count). The molecule has 4 aromatic rings. The van der Waals surface area contributed by atoms with Crippen molar-refractivity contribution in [2.45, 2.75) is 12.4 Å². The number of carbonyl (C=O) groups excluding carboxylic acids is 1. The number of hydrogen-bond donors (Lipinski definition) is 2. The molecule has 1 amide bonds. The molecule has 0 aliphatic carbocycles. The fourth-order valence-electron chi connectivity index (χ4n) is 3.85. The van der Waals surface area contributed by atoms with Gasteiger partial charge in [-0.2, -0.15) is 5.10 Å². The van der Waals surface area contributed by atoms with Gasteiger partial charge in [0.15, 0.2) is 6.23 Å². The zero-order chi connectivity index (χ0) is 21.9. The molecule has 3 aromatic heterocycles. The molecule has 4 heterocycles. The van der Waals surface area contributed by atoms with Gasteiger partial charge in [0.1, 0.15) is 18.8 Å². The summed E-state index contributed by atoms with van der Waals surface area (Å²) in [4.78, 5) is 33.5. The number of ether oxygens (including phenoxy) is 1. The van der Waals surface area contributed by atoms with Gasteiger partial charge in [-0.3, -0.25) is 19.8 Å². The van der Waals surface area contributed by atoms with Crippen LogP contribution in [0.15, 0.2) is 61.6 Å². The maximum atomic E-state index is 13.2. The highest BCUT2D eigenvalue weighted by molar-refractivity contribution is 5.94. The summed E-state index contributed by atoms with van der Waals surface area (Å²) in [5.74, 6) is 0.342. The summed E-state index contributed by atoms with van der Waals surface area (Å²) in [6.45, 7) is 0.720. The normalized spacial score (nSPS) is 18.7. The summed E-state index contributed by atoms with van der Waals surface area (Å²) in [5.41, 5.74) is 2.33. The third-order valence-electron chi connectivity index (χ3n) is 5.37. The van der Waals surface area contributed by atoms with E-state index in [0.717, 1.165) is 16.6 Å². The highest BCUT2D eigenvalue weighted by Gasteiger charge is 2.38. The fraction of sp³-hybridized carbons (Fsp3) is 0.238. The summed E-state index contributed by atoms with van der Waals surface area (Å²) in [6.07, 6.45) is 7.03. The summed E-state index contributed by atoms with van der Waals surface area (Å²) < 4.78 is 5.76. The predicted molar refractivity (Wildman–Crippen MR) is 117 cm³/mol. The second-order valence-electron chi connectivity index (χ2n) is 7.32. The Morgan fingerprint density at radius 3 is 2.81 bits per heavy atom. The zero-order valence-electron chi connectivity index (χ0n) is 17.3. The smallest absolute Gasteiger partial charge is 0.255 e. The van der Waals surface area contributed by atoms with Crippen molar-refractivity contribution in [2.75, 3.05) is 30.4 Å². The molecule has 0 saturated carbocycles. The topological polar surface area (TPSA) is 125 Å². The largest absolute Gasteiger partial charge is 0.364 e. The highest BCUT2D eigenvalue weighted by Crippen LogP contribution is 2.25. The van der Waals surface area contributed by atoms with E-state index in [0.29, 0.717) is 24.6 Å². The van der Waals surface area contributed by atoms with Gasteiger partial charge >= 0.3 is 0 Å². The molecule has 1 aliphatic heterocycles. The zero-order valence-corrected chi connectivity index (χ0v) is 17.3. The van der Waals surface area contributed by atoms with E-state index in [1.165, 1.54) is 12.7 Å². The van der Waals surface area contributed by atoms with Gasteiger partial charge in [-0.1, -0.05) is 0 Å². The van der Waals surface area contributed by atoms with E-state index in [1.807, 2.05) is 23.1 Å². The number of methoxy groups -OCH3 is 1. The van der Waals surface area contributed by atoms with Crippen LogP contribution in [0.2, 0.25) is 0 Å². The number of amides is 1. The molecule has 1 saturated heterocycles. The monoisotopic (exact) mass is 431 g/mol. The second kappa shape index (κ2) is 8.55. The third-order valence-corrected chi connectivity index (χ3v) is 5.37. The molecule has 32 heavy (non-hydrogen) atoms. The van der Waals surface area contributed by atoms with Crippen LogP contribution >= 0.6 is 0 Å². The number of hydrogen-bond acceptors (Lipinski definition) is 9. The average Bonchev–Trinajstić information content (AvgIpc) is 3.32. The number of benzene rings is 1. The summed E-state index contributed by atoms with van der Waals surface area (Å²) in [6, 6.07) is 9.40. The Bertz CT molecular complexity index is 1200. The standard InChI is InChI=1S/C21H21N9O2/c1-32-19-11-29(20(31)14-3-2-6-22-8-14)10-18(30(19)21-24-12-23-13-25-21)27-16-4-5-17-15(7-16)9-26-28-17/h2-9,12-13,18-19,27H,10-11H2,1H3,(H,26,28). The van der Waals surface area contributed by atoms with Gasteiger partial charge in [0.05, 0.1) is 30.4 Å². The van der Waals surface area contributed by atoms with Crippen molar-refractivity contribution < 1.29 is 9.53 Å². The minimum Gasteiger partial charge on any atom is -0.364 e. The van der Waals surface area contributed by atoms with Crippen LogP contribution in [-0.2, 0) is 4.74 Å². The first kappa shape index (κ1) is 19.8. The Hall–Kier alpha value is -4.12. The van der Waals surface area contributed by atoms with E-state index in [-0.39, 0.29) is 12.1 Å². The second-order valence-corrected chi connectivity index (χ2v) is 7.32. The molecule has 0 radical (unpaired) electrons. The lowest BCUT2D eigenvalue weighted by Crippen LogP contribution is -2.63. The molecule has 1 aliphatic rings. The lowest BCUT2D eigenvalue weighted by Gasteiger charge is -2.46. The van der Waals surface area contributed by atoms with Crippen molar-refractivity contribution in [3.05, 3.63) is 67.1 Å². The first-order valence-corrected chi connectivity index (χ1v) is 10.0. The number of aromatic amines is 1. The van der Waals surface area contributed by atoms with Crippen LogP contribution in [0.25, 0.3) is 10.9 Å². The number of anilines is 2. The number of nitrogens with zero attached hydrogens (tertiary/aromatic N) is 7. The first-order valence-electron chi connectivity index (χ1n) is 10.0. The first-order chi connectivity index (χ1) is 15.7. The Labute approximate surface area is 183 Å². The van der Waals surface area contributed by atoms with Gasteiger partial charge in [-0.25, -0.2) is 15.0 Å². The summed E-state index contributed by atoms with van der Waals surface area (Å²) in [5, 5.41) is 11.5. The van der Waals surface area contributed by atoms with Crippen LogP contribution in [0.4, 0.5) is 11.6 Å². The molecule has 2 unspecified atom stereocenters. The van der Waals surface area contributed by atoms with Crippen LogP contribution in [0.5, 0.6) is 0 Å². The molecule has 1 fully saturated rings. The molecule has 11 heteroatoms. The SMILES string of the molecule is COC1CN(C(=O)c2cccnc2)CC(Nc2ccc3[nH]ncc3c2)N1c1ncncn1. The fourth-order valence-corrected chi connectivity index (χ4v) is 3.85. The van der Waals surface area contributed by atoms with E-state index < -0.39 is 6.23 Å². The maximum absolute atomic E-state index is 13.2. The Morgan fingerprint density at radius 1 is 1.16 bits per heavy atom. The van der Waals surface area contributed by atoms with E-state index in [1.54, 1.807) is 42.7 Å². The number of rotatable bonds is 5. The van der Waals surface area contributed by atoms with Crippen molar-refractivity contribution in [1.82, 2.24) is 35.0 Å². The van der Waals surface area contributed by atoms with Crippen molar-refractivity contribution >= 4 is 28.4 Å². The number of fused-ring (bicyclic) bond motifs is 1. The minimum absolute atomic E-state index is 0.118. The molecular formula is C21H21N9O2. The summed E-state index contributed by atoms with van der Waals surface area (Å²) in [7, 11) is 1.60. The number of piperazine rings is 1. The van der Waals surface area contributed by atoms with Gasteiger partial charge in [-0.05, 0) is 30.3 Å². The van der Waals surface area contributed by atoms with E-state index in [2.05, 4.69) is 35.5 Å². The lowest BCUT2D eigenvalue weighted by molar-refractivity contribution is 0.0241. The van der Waals surface area contributed by atoms with Gasteiger partial charge < -0.3 is 15.0 Å². The van der Waals surface area contributed by atoms with Gasteiger partial charge in [0, 0.05) is 30.6 Å². The van der Waals surface area contributed by atoms with Crippen molar-refractivity contribution in [3.63, 3.8) is 0 Å². The van der Waals surface area contributed by atoms with Crippen LogP contribution in [0.3, 0.4) is 0 Å².